The molecule has 0 atom stereocenters. The van der Waals surface area contributed by atoms with Crippen molar-refractivity contribution in [1.82, 2.24) is 19.5 Å². The second-order valence-corrected chi connectivity index (χ2v) is 8.14. The van der Waals surface area contributed by atoms with Gasteiger partial charge in [0.2, 0.25) is 0 Å². The molecule has 3 heterocycles. The fourth-order valence-corrected chi connectivity index (χ4v) is 4.06. The van der Waals surface area contributed by atoms with Crippen LogP contribution in [0, 0.1) is 0 Å². The molecular weight excluding hydrogens is 462 g/mol. The second kappa shape index (κ2) is 10.0. The van der Waals surface area contributed by atoms with Crippen molar-refractivity contribution in [2.24, 2.45) is 0 Å². The van der Waals surface area contributed by atoms with E-state index in [1.165, 1.54) is 0 Å². The Morgan fingerprint density at radius 2 is 1.69 bits per heavy atom. The summed E-state index contributed by atoms with van der Waals surface area (Å²) in [6, 6.07) is 15.8. The van der Waals surface area contributed by atoms with E-state index in [9.17, 15) is 9.59 Å². The quantitative estimate of drug-likeness (QED) is 0.445. The second-order valence-electron chi connectivity index (χ2n) is 8.14. The van der Waals surface area contributed by atoms with Crippen LogP contribution in [0.15, 0.2) is 60.8 Å². The predicted octanol–water partition coefficient (Wildman–Crippen LogP) is 3.14. The first-order valence-corrected chi connectivity index (χ1v) is 11.4. The first-order valence-electron chi connectivity index (χ1n) is 11.4. The lowest BCUT2D eigenvalue weighted by Crippen LogP contribution is -2.40. The predicted molar refractivity (Wildman–Crippen MR) is 133 cm³/mol. The lowest BCUT2D eigenvalue weighted by atomic mass is 10.1. The molecule has 0 bridgehead atoms. The number of anilines is 1. The zero-order chi connectivity index (χ0) is 25.1. The number of hydrogen-bond acceptors (Lipinski definition) is 7. The van der Waals surface area contributed by atoms with E-state index in [-0.39, 0.29) is 17.5 Å². The molecule has 1 aliphatic rings. The van der Waals surface area contributed by atoms with Gasteiger partial charge >= 0.3 is 0 Å². The van der Waals surface area contributed by atoms with Crippen molar-refractivity contribution in [3.8, 4) is 22.8 Å². The van der Waals surface area contributed by atoms with Gasteiger partial charge in [-0.25, -0.2) is 9.50 Å². The lowest BCUT2D eigenvalue weighted by molar-refractivity contribution is 0.0303. The van der Waals surface area contributed by atoms with Crippen molar-refractivity contribution < 1.29 is 23.8 Å². The van der Waals surface area contributed by atoms with Gasteiger partial charge in [-0.2, -0.15) is 5.10 Å². The number of rotatable bonds is 6. The van der Waals surface area contributed by atoms with Crippen LogP contribution < -0.4 is 14.8 Å². The third-order valence-electron chi connectivity index (χ3n) is 5.96. The molecule has 10 nitrogen and oxygen atoms in total. The normalized spacial score (nSPS) is 13.4. The highest BCUT2D eigenvalue weighted by molar-refractivity contribution is 6.04. The van der Waals surface area contributed by atoms with E-state index in [2.05, 4.69) is 15.4 Å². The van der Waals surface area contributed by atoms with Crippen LogP contribution in [0.5, 0.6) is 11.5 Å². The van der Waals surface area contributed by atoms with E-state index in [1.807, 2.05) is 24.3 Å². The van der Waals surface area contributed by atoms with Crippen LogP contribution in [-0.4, -0.2) is 71.8 Å². The molecule has 2 aromatic carbocycles. The third kappa shape index (κ3) is 4.58. The van der Waals surface area contributed by atoms with E-state index in [0.717, 1.165) is 11.3 Å². The first-order chi connectivity index (χ1) is 17.6. The third-order valence-corrected chi connectivity index (χ3v) is 5.96. The molecule has 1 N–H and O–H groups in total. The summed E-state index contributed by atoms with van der Waals surface area (Å²) in [6.07, 6.45) is 1.66. The van der Waals surface area contributed by atoms with Crippen LogP contribution in [0.4, 0.5) is 5.69 Å². The number of carbonyl (C=O) groups is 2. The zero-order valence-electron chi connectivity index (χ0n) is 19.9. The molecule has 0 aliphatic carbocycles. The summed E-state index contributed by atoms with van der Waals surface area (Å²) in [5, 5.41) is 7.32. The maximum Gasteiger partial charge on any atom is 0.276 e. The summed E-state index contributed by atoms with van der Waals surface area (Å²) in [6.45, 7) is 2.23. The molecule has 0 unspecified atom stereocenters. The number of morpholine rings is 1. The number of nitrogens with zero attached hydrogens (tertiary/aromatic N) is 4. The van der Waals surface area contributed by atoms with Gasteiger partial charge in [0.25, 0.3) is 11.8 Å². The Kier molecular flexibility index (Phi) is 6.50. The highest BCUT2D eigenvalue weighted by atomic mass is 16.5. The van der Waals surface area contributed by atoms with Crippen LogP contribution in [0.2, 0.25) is 0 Å². The molecule has 4 aromatic rings. The van der Waals surface area contributed by atoms with Crippen LogP contribution in [-0.2, 0) is 4.74 Å². The van der Waals surface area contributed by atoms with E-state index >= 15 is 0 Å². The van der Waals surface area contributed by atoms with Crippen molar-refractivity contribution >= 4 is 23.1 Å². The van der Waals surface area contributed by atoms with Gasteiger partial charge in [-0.15, -0.1) is 0 Å². The minimum atomic E-state index is -0.383. The molecular formula is C26H25N5O5. The average molecular weight is 488 g/mol. The van der Waals surface area contributed by atoms with Gasteiger partial charge < -0.3 is 24.4 Å². The monoisotopic (exact) mass is 487 g/mol. The minimum Gasteiger partial charge on any atom is -0.493 e. The summed E-state index contributed by atoms with van der Waals surface area (Å²) in [5.74, 6) is 0.765. The van der Waals surface area contributed by atoms with Gasteiger partial charge in [-0.1, -0.05) is 0 Å². The Balaban J connectivity index is 1.35. The van der Waals surface area contributed by atoms with Crippen LogP contribution in [0.1, 0.15) is 20.8 Å². The largest absolute Gasteiger partial charge is 0.493 e. The van der Waals surface area contributed by atoms with Crippen molar-refractivity contribution in [3.63, 3.8) is 0 Å². The average Bonchev–Trinajstić information content (AvgIpc) is 3.38. The molecule has 36 heavy (non-hydrogen) atoms. The number of benzene rings is 2. The Bertz CT molecular complexity index is 1410. The molecule has 1 aliphatic heterocycles. The van der Waals surface area contributed by atoms with Crippen LogP contribution in [0.25, 0.3) is 16.9 Å². The maximum atomic E-state index is 12.9. The van der Waals surface area contributed by atoms with Gasteiger partial charge in [0, 0.05) is 42.2 Å². The topological polar surface area (TPSA) is 107 Å². The number of methoxy groups -OCH3 is 2. The highest BCUT2D eigenvalue weighted by Gasteiger charge is 2.19. The SMILES string of the molecule is COc1ccc(-c2ccnc3cc(C(=O)Nc4ccc(C(=O)N5CCOCC5)cc4)nn23)cc1OC. The molecule has 5 rings (SSSR count). The molecule has 2 amide bonds. The Morgan fingerprint density at radius 3 is 2.42 bits per heavy atom. The van der Waals surface area contributed by atoms with E-state index in [1.54, 1.807) is 60.2 Å². The lowest BCUT2D eigenvalue weighted by Gasteiger charge is -2.26. The van der Waals surface area contributed by atoms with Gasteiger partial charge in [0.05, 0.1) is 33.1 Å². The molecule has 0 saturated carbocycles. The summed E-state index contributed by atoms with van der Waals surface area (Å²) >= 11 is 0. The van der Waals surface area contributed by atoms with Gasteiger partial charge in [-0.3, -0.25) is 9.59 Å². The van der Waals surface area contributed by atoms with Crippen LogP contribution >= 0.6 is 0 Å². The van der Waals surface area contributed by atoms with E-state index < -0.39 is 0 Å². The molecule has 0 spiro atoms. The number of aromatic nitrogens is 3. The fraction of sp³-hybridized carbons (Fsp3) is 0.231. The van der Waals surface area contributed by atoms with Gasteiger partial charge in [-0.05, 0) is 48.5 Å². The number of ether oxygens (including phenoxy) is 3. The van der Waals surface area contributed by atoms with Crippen molar-refractivity contribution in [3.05, 3.63) is 72.1 Å². The molecule has 0 radical (unpaired) electrons. The number of carbonyl (C=O) groups excluding carboxylic acids is 2. The molecule has 184 valence electrons. The van der Waals surface area contributed by atoms with Gasteiger partial charge in [0.15, 0.2) is 22.8 Å². The van der Waals surface area contributed by atoms with Crippen molar-refractivity contribution in [2.45, 2.75) is 0 Å². The standard InChI is InChI=1S/C26H25N5O5/c1-34-22-8-5-18(15-23(22)35-2)21-9-10-27-24-16-20(29-31(21)24)25(32)28-19-6-3-17(4-7-19)26(33)30-11-13-36-14-12-30/h3-10,15-16H,11-14H2,1-2H3,(H,28,32). The first kappa shape index (κ1) is 23.3. The van der Waals surface area contributed by atoms with E-state index in [0.29, 0.717) is 54.7 Å². The molecule has 10 heteroatoms. The number of nitrogens with one attached hydrogen (secondary N) is 1. The summed E-state index contributed by atoms with van der Waals surface area (Å²) in [4.78, 5) is 31.7. The highest BCUT2D eigenvalue weighted by Crippen LogP contribution is 2.32. The van der Waals surface area contributed by atoms with Crippen molar-refractivity contribution in [1.29, 1.82) is 0 Å². The summed E-state index contributed by atoms with van der Waals surface area (Å²) < 4.78 is 17.6. The Labute approximate surface area is 207 Å². The van der Waals surface area contributed by atoms with Crippen molar-refractivity contribution in [2.75, 3.05) is 45.8 Å². The number of fused-ring (bicyclic) bond motifs is 1. The Hall–Kier alpha value is -4.44. The maximum absolute atomic E-state index is 12.9. The minimum absolute atomic E-state index is 0.0507. The van der Waals surface area contributed by atoms with Gasteiger partial charge in [0.1, 0.15) is 0 Å². The summed E-state index contributed by atoms with van der Waals surface area (Å²) in [5.41, 5.74) is 3.43. The molecule has 1 saturated heterocycles. The van der Waals surface area contributed by atoms with E-state index in [4.69, 9.17) is 14.2 Å². The smallest absolute Gasteiger partial charge is 0.276 e. The zero-order valence-corrected chi connectivity index (χ0v) is 19.9. The Morgan fingerprint density at radius 1 is 0.944 bits per heavy atom. The summed E-state index contributed by atoms with van der Waals surface area (Å²) in [7, 11) is 3.15. The fourth-order valence-electron chi connectivity index (χ4n) is 4.06. The molecule has 2 aromatic heterocycles. The molecule has 1 fully saturated rings. The number of amides is 2. The number of hydrogen-bond donors (Lipinski definition) is 1. The van der Waals surface area contributed by atoms with Crippen LogP contribution in [0.3, 0.4) is 0 Å².